The van der Waals surface area contributed by atoms with E-state index >= 15 is 0 Å². The molecule has 0 aromatic heterocycles. The van der Waals surface area contributed by atoms with Crippen LogP contribution >= 0.6 is 0 Å². The Morgan fingerprint density at radius 3 is 2.77 bits per heavy atom. The average Bonchev–Trinajstić information content (AvgIpc) is 2.55. The molecular formula is C16H19N3O3. The first-order chi connectivity index (χ1) is 10.7. The van der Waals surface area contributed by atoms with Gasteiger partial charge < -0.3 is 20.1 Å². The molecule has 0 radical (unpaired) electrons. The molecule has 1 atom stereocenters. The standard InChI is InChI=1S/C16H19N3O3/c1-10(20)15-9-22-16-13(7-17-8-14(16)19-15)18-11-3-5-12(21-2)6-4-11/h3-6,15,17,19H,7-9H2,1-2H3/b18-13+. The Bertz CT molecular complexity index is 635. The van der Waals surface area contributed by atoms with E-state index in [9.17, 15) is 4.79 Å². The van der Waals surface area contributed by atoms with Crippen LogP contribution in [0.25, 0.3) is 0 Å². The van der Waals surface area contributed by atoms with Crippen molar-refractivity contribution in [2.75, 3.05) is 26.8 Å². The number of aliphatic imine (C=N–C) groups is 1. The van der Waals surface area contributed by atoms with Crippen LogP contribution in [0.15, 0.2) is 40.7 Å². The molecule has 0 saturated heterocycles. The Morgan fingerprint density at radius 2 is 2.09 bits per heavy atom. The van der Waals surface area contributed by atoms with Crippen molar-refractivity contribution in [2.45, 2.75) is 13.0 Å². The number of hydrogen-bond acceptors (Lipinski definition) is 6. The molecule has 0 bridgehead atoms. The lowest BCUT2D eigenvalue weighted by molar-refractivity contribution is -0.120. The fourth-order valence-electron chi connectivity index (χ4n) is 2.47. The lowest BCUT2D eigenvalue weighted by Crippen LogP contribution is -2.49. The molecule has 2 aliphatic rings. The Balaban J connectivity index is 1.85. The van der Waals surface area contributed by atoms with E-state index in [1.807, 2.05) is 24.3 Å². The Morgan fingerprint density at radius 1 is 1.32 bits per heavy atom. The molecule has 2 aliphatic heterocycles. The van der Waals surface area contributed by atoms with E-state index in [4.69, 9.17) is 9.47 Å². The van der Waals surface area contributed by atoms with Crippen LogP contribution in [-0.2, 0) is 9.53 Å². The molecule has 3 rings (SSSR count). The van der Waals surface area contributed by atoms with Crippen LogP contribution in [0.4, 0.5) is 5.69 Å². The number of carbonyl (C=O) groups is 1. The van der Waals surface area contributed by atoms with Gasteiger partial charge >= 0.3 is 0 Å². The fraction of sp³-hybridized carbons (Fsp3) is 0.375. The summed E-state index contributed by atoms with van der Waals surface area (Å²) in [7, 11) is 1.63. The van der Waals surface area contributed by atoms with Gasteiger partial charge in [-0.3, -0.25) is 4.79 Å². The highest BCUT2D eigenvalue weighted by molar-refractivity contribution is 6.03. The third-order valence-electron chi connectivity index (χ3n) is 3.70. The van der Waals surface area contributed by atoms with Crippen LogP contribution in [0, 0.1) is 0 Å². The second kappa shape index (κ2) is 6.19. The number of ketones is 1. The first-order valence-corrected chi connectivity index (χ1v) is 7.23. The normalized spacial score (nSPS) is 22.6. The van der Waals surface area contributed by atoms with Crippen molar-refractivity contribution in [1.82, 2.24) is 10.6 Å². The van der Waals surface area contributed by atoms with Crippen LogP contribution in [-0.4, -0.2) is 44.3 Å². The third-order valence-corrected chi connectivity index (χ3v) is 3.70. The monoisotopic (exact) mass is 301 g/mol. The maximum atomic E-state index is 11.5. The van der Waals surface area contributed by atoms with Gasteiger partial charge in [0, 0.05) is 13.1 Å². The highest BCUT2D eigenvalue weighted by Crippen LogP contribution is 2.22. The number of rotatable bonds is 3. The summed E-state index contributed by atoms with van der Waals surface area (Å²) in [5.74, 6) is 1.63. The van der Waals surface area contributed by atoms with Crippen molar-refractivity contribution < 1.29 is 14.3 Å². The number of benzene rings is 1. The summed E-state index contributed by atoms with van der Waals surface area (Å²) in [4.78, 5) is 16.1. The second-order valence-electron chi connectivity index (χ2n) is 5.29. The highest BCUT2D eigenvalue weighted by atomic mass is 16.5. The van der Waals surface area contributed by atoms with Crippen LogP contribution in [0.3, 0.4) is 0 Å². The second-order valence-corrected chi connectivity index (χ2v) is 5.29. The van der Waals surface area contributed by atoms with Gasteiger partial charge in [0.05, 0.1) is 24.2 Å². The van der Waals surface area contributed by atoms with Gasteiger partial charge in [0.2, 0.25) is 0 Å². The van der Waals surface area contributed by atoms with Crippen LogP contribution in [0.5, 0.6) is 5.75 Å². The molecule has 6 heteroatoms. The van der Waals surface area contributed by atoms with E-state index in [1.54, 1.807) is 14.0 Å². The number of nitrogens with one attached hydrogen (secondary N) is 2. The molecule has 2 heterocycles. The van der Waals surface area contributed by atoms with Gasteiger partial charge in [-0.25, -0.2) is 4.99 Å². The lowest BCUT2D eigenvalue weighted by Gasteiger charge is -2.32. The summed E-state index contributed by atoms with van der Waals surface area (Å²) in [6.45, 7) is 3.20. The van der Waals surface area contributed by atoms with E-state index in [-0.39, 0.29) is 11.8 Å². The summed E-state index contributed by atoms with van der Waals surface area (Å²) in [6, 6.07) is 7.26. The van der Waals surface area contributed by atoms with Crippen molar-refractivity contribution in [2.24, 2.45) is 4.99 Å². The molecule has 116 valence electrons. The van der Waals surface area contributed by atoms with Gasteiger partial charge in [-0.1, -0.05) is 0 Å². The van der Waals surface area contributed by atoms with Crippen LogP contribution < -0.4 is 15.4 Å². The van der Waals surface area contributed by atoms with E-state index in [0.29, 0.717) is 19.7 Å². The zero-order valence-electron chi connectivity index (χ0n) is 12.7. The average molecular weight is 301 g/mol. The topological polar surface area (TPSA) is 71.9 Å². The molecule has 0 saturated carbocycles. The largest absolute Gasteiger partial charge is 0.497 e. The molecule has 6 nitrogen and oxygen atoms in total. The predicted octanol–water partition coefficient (Wildman–Crippen LogP) is 1.16. The SMILES string of the molecule is COc1ccc(/N=C2\CNCC3=C2OCC(C(C)=O)N3)cc1. The van der Waals surface area contributed by atoms with E-state index in [1.165, 1.54) is 0 Å². The van der Waals surface area contributed by atoms with Gasteiger partial charge in [0.1, 0.15) is 18.4 Å². The first kappa shape index (κ1) is 14.6. The number of nitrogens with zero attached hydrogens (tertiary/aromatic N) is 1. The van der Waals surface area contributed by atoms with Crippen molar-refractivity contribution in [3.8, 4) is 5.75 Å². The molecule has 1 aromatic rings. The summed E-state index contributed by atoms with van der Waals surface area (Å²) >= 11 is 0. The van der Waals surface area contributed by atoms with Gasteiger partial charge in [-0.2, -0.15) is 0 Å². The van der Waals surface area contributed by atoms with Crippen molar-refractivity contribution in [1.29, 1.82) is 0 Å². The van der Waals surface area contributed by atoms with Crippen molar-refractivity contribution >= 4 is 17.2 Å². The molecule has 2 N–H and O–H groups in total. The number of hydrogen-bond donors (Lipinski definition) is 2. The molecule has 1 aromatic carbocycles. The quantitative estimate of drug-likeness (QED) is 0.876. The van der Waals surface area contributed by atoms with Crippen LogP contribution in [0.1, 0.15) is 6.92 Å². The first-order valence-electron chi connectivity index (χ1n) is 7.23. The van der Waals surface area contributed by atoms with E-state index in [0.717, 1.165) is 28.6 Å². The maximum absolute atomic E-state index is 11.5. The minimum absolute atomic E-state index is 0.0748. The fourth-order valence-corrected chi connectivity index (χ4v) is 2.47. The number of methoxy groups -OCH3 is 1. The predicted molar refractivity (Wildman–Crippen MR) is 83.5 cm³/mol. The zero-order chi connectivity index (χ0) is 15.5. The van der Waals surface area contributed by atoms with Gasteiger partial charge in [-0.15, -0.1) is 0 Å². The van der Waals surface area contributed by atoms with Crippen LogP contribution in [0.2, 0.25) is 0 Å². The molecule has 22 heavy (non-hydrogen) atoms. The minimum Gasteiger partial charge on any atom is -0.497 e. The molecule has 0 spiro atoms. The minimum atomic E-state index is -0.277. The van der Waals surface area contributed by atoms with E-state index in [2.05, 4.69) is 15.6 Å². The summed E-state index contributed by atoms with van der Waals surface area (Å²) in [5, 5.41) is 6.50. The lowest BCUT2D eigenvalue weighted by atomic mass is 10.1. The number of carbonyl (C=O) groups excluding carboxylic acids is 1. The molecule has 0 aliphatic carbocycles. The summed E-state index contributed by atoms with van der Waals surface area (Å²) in [5.41, 5.74) is 2.56. The van der Waals surface area contributed by atoms with E-state index < -0.39 is 0 Å². The van der Waals surface area contributed by atoms with Gasteiger partial charge in [-0.05, 0) is 31.2 Å². The van der Waals surface area contributed by atoms with Gasteiger partial charge in [0.15, 0.2) is 11.5 Å². The molecule has 0 amide bonds. The third kappa shape index (κ3) is 2.96. The summed E-state index contributed by atoms with van der Waals surface area (Å²) < 4.78 is 10.9. The van der Waals surface area contributed by atoms with Crippen molar-refractivity contribution in [3.05, 3.63) is 35.7 Å². The smallest absolute Gasteiger partial charge is 0.162 e. The van der Waals surface area contributed by atoms with Gasteiger partial charge in [0.25, 0.3) is 0 Å². The Labute approximate surface area is 129 Å². The Hall–Kier alpha value is -2.34. The molecule has 1 unspecified atom stereocenters. The zero-order valence-corrected chi connectivity index (χ0v) is 12.7. The highest BCUT2D eigenvalue weighted by Gasteiger charge is 2.29. The molecular weight excluding hydrogens is 282 g/mol. The molecule has 0 fully saturated rings. The number of ether oxygens (including phenoxy) is 2. The Kier molecular flexibility index (Phi) is 4.11. The maximum Gasteiger partial charge on any atom is 0.162 e. The summed E-state index contributed by atoms with van der Waals surface area (Å²) in [6.07, 6.45) is 0. The van der Waals surface area contributed by atoms with Crippen molar-refractivity contribution in [3.63, 3.8) is 0 Å². The number of Topliss-reactive ketones (excluding diaryl/α,β-unsaturated/α-hetero) is 1.